The summed E-state index contributed by atoms with van der Waals surface area (Å²) in [5, 5.41) is 0. The van der Waals surface area contributed by atoms with Crippen molar-refractivity contribution in [3.05, 3.63) is 90.2 Å². The first-order chi connectivity index (χ1) is 14.1. The average Bonchev–Trinajstić information content (AvgIpc) is 2.75. The van der Waals surface area contributed by atoms with E-state index in [1.807, 2.05) is 72.5 Å². The predicted molar refractivity (Wildman–Crippen MR) is 112 cm³/mol. The first-order valence-electron chi connectivity index (χ1n) is 9.73. The van der Waals surface area contributed by atoms with Crippen LogP contribution in [-0.4, -0.2) is 29.9 Å². The van der Waals surface area contributed by atoms with E-state index in [2.05, 4.69) is 0 Å². The molecule has 0 saturated carbocycles. The molecule has 3 aromatic carbocycles. The lowest BCUT2D eigenvalue weighted by Gasteiger charge is -2.39. The summed E-state index contributed by atoms with van der Waals surface area (Å²) < 4.78 is 19.8. The van der Waals surface area contributed by atoms with Crippen molar-refractivity contribution in [3.8, 4) is 11.5 Å². The molecule has 0 bridgehead atoms. The molecule has 5 heteroatoms. The fourth-order valence-corrected chi connectivity index (χ4v) is 3.55. The van der Waals surface area contributed by atoms with Gasteiger partial charge in [-0.05, 0) is 49.4 Å². The zero-order valence-corrected chi connectivity index (χ0v) is 16.3. The lowest BCUT2D eigenvalue weighted by Crippen LogP contribution is -2.55. The van der Waals surface area contributed by atoms with Crippen molar-refractivity contribution in [1.82, 2.24) is 4.90 Å². The largest absolute Gasteiger partial charge is 0.457 e. The van der Waals surface area contributed by atoms with Crippen molar-refractivity contribution >= 4 is 11.6 Å². The van der Waals surface area contributed by atoms with Crippen molar-refractivity contribution in [2.75, 3.05) is 18.0 Å². The quantitative estimate of drug-likeness (QED) is 0.624. The molecule has 1 heterocycles. The highest BCUT2D eigenvalue weighted by atomic mass is 19.1. The van der Waals surface area contributed by atoms with Crippen LogP contribution >= 0.6 is 0 Å². The summed E-state index contributed by atoms with van der Waals surface area (Å²) in [4.78, 5) is 16.8. The minimum Gasteiger partial charge on any atom is -0.457 e. The second-order valence-corrected chi connectivity index (χ2v) is 7.14. The second kappa shape index (κ2) is 8.45. The number of hydrogen-bond donors (Lipinski definition) is 0. The number of para-hydroxylation sites is 1. The van der Waals surface area contributed by atoms with Crippen molar-refractivity contribution in [3.63, 3.8) is 0 Å². The lowest BCUT2D eigenvalue weighted by molar-refractivity contribution is -0.125. The van der Waals surface area contributed by atoms with Crippen LogP contribution in [0.5, 0.6) is 11.5 Å². The average molecular weight is 390 g/mol. The first kappa shape index (κ1) is 19.2. The van der Waals surface area contributed by atoms with Gasteiger partial charge in [0.05, 0.1) is 6.04 Å². The van der Waals surface area contributed by atoms with Crippen molar-refractivity contribution in [2.24, 2.45) is 0 Å². The lowest BCUT2D eigenvalue weighted by atomic mass is 10.1. The molecule has 0 unspecified atom stereocenters. The fraction of sp³-hybridized carbons (Fsp3) is 0.208. The molecule has 1 atom stereocenters. The van der Waals surface area contributed by atoms with E-state index in [-0.39, 0.29) is 17.8 Å². The number of piperazine rings is 1. The molecule has 1 fully saturated rings. The van der Waals surface area contributed by atoms with Crippen LogP contribution in [0.4, 0.5) is 10.1 Å². The number of nitrogens with zero attached hydrogens (tertiary/aromatic N) is 2. The summed E-state index contributed by atoms with van der Waals surface area (Å²) in [6.07, 6.45) is 0. The molecule has 29 heavy (non-hydrogen) atoms. The predicted octanol–water partition coefficient (Wildman–Crippen LogP) is 4.86. The minimum absolute atomic E-state index is 0.0179. The molecule has 1 aliphatic heterocycles. The van der Waals surface area contributed by atoms with E-state index in [1.165, 1.54) is 6.07 Å². The summed E-state index contributed by atoms with van der Waals surface area (Å²) in [6, 6.07) is 23.5. The van der Waals surface area contributed by atoms with Crippen molar-refractivity contribution in [2.45, 2.75) is 19.5 Å². The van der Waals surface area contributed by atoms with E-state index < -0.39 is 0 Å². The highest BCUT2D eigenvalue weighted by Gasteiger charge is 2.32. The summed E-state index contributed by atoms with van der Waals surface area (Å²) >= 11 is 0. The summed E-state index contributed by atoms with van der Waals surface area (Å²) in [5.74, 6) is 1.28. The molecule has 0 radical (unpaired) electrons. The molecule has 1 aliphatic rings. The Labute approximate surface area is 170 Å². The Bertz CT molecular complexity index is 976. The molecular weight excluding hydrogens is 367 g/mol. The van der Waals surface area contributed by atoms with E-state index >= 15 is 0 Å². The van der Waals surface area contributed by atoms with Gasteiger partial charge in [0.2, 0.25) is 5.91 Å². The molecule has 4 rings (SSSR count). The van der Waals surface area contributed by atoms with Crippen LogP contribution in [0.15, 0.2) is 78.9 Å². The maximum Gasteiger partial charge on any atom is 0.244 e. The van der Waals surface area contributed by atoms with Crippen LogP contribution in [0.3, 0.4) is 0 Å². The summed E-state index contributed by atoms with van der Waals surface area (Å²) in [7, 11) is 0. The number of hydrogen-bond acceptors (Lipinski definition) is 3. The highest BCUT2D eigenvalue weighted by Crippen LogP contribution is 2.27. The molecule has 0 N–H and O–H groups in total. The fourth-order valence-electron chi connectivity index (χ4n) is 3.55. The monoisotopic (exact) mass is 390 g/mol. The number of benzene rings is 3. The number of ether oxygens (including phenoxy) is 1. The number of anilines is 1. The van der Waals surface area contributed by atoms with Gasteiger partial charge in [0.15, 0.2) is 0 Å². The third-order valence-electron chi connectivity index (χ3n) is 5.24. The van der Waals surface area contributed by atoms with Gasteiger partial charge in [-0.25, -0.2) is 4.39 Å². The summed E-state index contributed by atoms with van der Waals surface area (Å²) in [6.45, 7) is 3.56. The first-order valence-corrected chi connectivity index (χ1v) is 9.73. The molecular formula is C24H23FN2O2. The van der Waals surface area contributed by atoms with Gasteiger partial charge in [0.1, 0.15) is 17.3 Å². The normalized spacial score (nSPS) is 17.4. The molecule has 0 spiro atoms. The van der Waals surface area contributed by atoms with E-state index in [9.17, 15) is 9.18 Å². The maximum atomic E-state index is 14.0. The second-order valence-electron chi connectivity index (χ2n) is 7.14. The van der Waals surface area contributed by atoms with Crippen LogP contribution in [0.1, 0.15) is 12.5 Å². The van der Waals surface area contributed by atoms with Gasteiger partial charge in [-0.3, -0.25) is 9.69 Å². The van der Waals surface area contributed by atoms with Gasteiger partial charge in [0.25, 0.3) is 0 Å². The molecule has 1 amide bonds. The Morgan fingerprint density at radius 3 is 2.28 bits per heavy atom. The van der Waals surface area contributed by atoms with Crippen molar-refractivity contribution in [1.29, 1.82) is 0 Å². The van der Waals surface area contributed by atoms with Gasteiger partial charge in [0, 0.05) is 30.9 Å². The zero-order valence-electron chi connectivity index (χ0n) is 16.3. The number of rotatable bonds is 5. The van der Waals surface area contributed by atoms with Crippen LogP contribution in [-0.2, 0) is 11.3 Å². The Morgan fingerprint density at radius 1 is 0.897 bits per heavy atom. The Morgan fingerprint density at radius 2 is 1.55 bits per heavy atom. The van der Waals surface area contributed by atoms with E-state index in [1.54, 1.807) is 17.0 Å². The van der Waals surface area contributed by atoms with Gasteiger partial charge >= 0.3 is 0 Å². The van der Waals surface area contributed by atoms with Crippen LogP contribution in [0, 0.1) is 5.82 Å². The number of carbonyl (C=O) groups is 1. The Hall–Kier alpha value is -3.18. The van der Waals surface area contributed by atoms with Crippen LogP contribution in [0.25, 0.3) is 0 Å². The molecule has 0 aliphatic carbocycles. The molecule has 0 aromatic heterocycles. The van der Waals surface area contributed by atoms with Crippen LogP contribution in [0.2, 0.25) is 0 Å². The maximum absolute atomic E-state index is 14.0. The zero-order chi connectivity index (χ0) is 20.2. The van der Waals surface area contributed by atoms with Gasteiger partial charge in [-0.1, -0.05) is 36.4 Å². The Kier molecular flexibility index (Phi) is 5.58. The smallest absolute Gasteiger partial charge is 0.244 e. The van der Waals surface area contributed by atoms with E-state index in [4.69, 9.17) is 4.74 Å². The van der Waals surface area contributed by atoms with Gasteiger partial charge in [-0.15, -0.1) is 0 Å². The third kappa shape index (κ3) is 4.30. The number of amides is 1. The van der Waals surface area contributed by atoms with E-state index in [0.29, 0.717) is 25.2 Å². The number of carbonyl (C=O) groups excluding carboxylic acids is 1. The molecule has 3 aromatic rings. The van der Waals surface area contributed by atoms with E-state index in [0.717, 1.165) is 17.2 Å². The minimum atomic E-state index is -0.316. The standard InChI is InChI=1S/C24H23FN2O2/c1-18-24(28)27(16-15-26(18)17-19-7-5-6-10-23(19)25)20-11-13-22(14-12-20)29-21-8-3-2-4-9-21/h2-14,18H,15-17H2,1H3/t18-/m1/s1. The number of halogens is 1. The SMILES string of the molecule is C[C@@H]1C(=O)N(c2ccc(Oc3ccccc3)cc2)CCN1Cc1ccccc1F. The topological polar surface area (TPSA) is 32.8 Å². The van der Waals surface area contributed by atoms with Crippen molar-refractivity contribution < 1.29 is 13.9 Å². The Balaban J connectivity index is 1.42. The van der Waals surface area contributed by atoms with Gasteiger partial charge in [-0.2, -0.15) is 0 Å². The molecule has 1 saturated heterocycles. The summed E-state index contributed by atoms with van der Waals surface area (Å²) in [5.41, 5.74) is 1.45. The highest BCUT2D eigenvalue weighted by molar-refractivity contribution is 5.97. The van der Waals surface area contributed by atoms with Crippen LogP contribution < -0.4 is 9.64 Å². The third-order valence-corrected chi connectivity index (χ3v) is 5.24. The van der Waals surface area contributed by atoms with Gasteiger partial charge < -0.3 is 9.64 Å². The molecule has 4 nitrogen and oxygen atoms in total. The molecule has 148 valence electrons.